The van der Waals surface area contributed by atoms with E-state index in [1.807, 2.05) is 0 Å². The molecule has 1 heterocycles. The van der Waals surface area contributed by atoms with Crippen LogP contribution in [0.3, 0.4) is 0 Å². The summed E-state index contributed by atoms with van der Waals surface area (Å²) < 4.78 is 0. The molecule has 5 fully saturated rings. The second-order valence-electron chi connectivity index (χ2n) is 8.60. The summed E-state index contributed by atoms with van der Waals surface area (Å²) in [5, 5.41) is 3.41. The molecule has 5 rings (SSSR count). The minimum atomic E-state index is 0.0183. The monoisotopic (exact) mass is 276 g/mol. The number of amides is 1. The molecular weight excluding hydrogens is 248 g/mol. The lowest BCUT2D eigenvalue weighted by atomic mass is 9.44. The Morgan fingerprint density at radius 2 is 1.90 bits per heavy atom. The molecule has 1 aliphatic heterocycles. The fourth-order valence-corrected chi connectivity index (χ4v) is 6.42. The van der Waals surface area contributed by atoms with Gasteiger partial charge in [-0.3, -0.25) is 4.79 Å². The lowest BCUT2D eigenvalue weighted by molar-refractivity contribution is -0.168. The molecule has 3 nitrogen and oxygen atoms in total. The second kappa shape index (κ2) is 4.22. The summed E-state index contributed by atoms with van der Waals surface area (Å²) in [5.74, 6) is 2.18. The van der Waals surface area contributed by atoms with Crippen LogP contribution in [0.5, 0.6) is 0 Å². The van der Waals surface area contributed by atoms with Crippen LogP contribution in [0.15, 0.2) is 0 Å². The van der Waals surface area contributed by atoms with Gasteiger partial charge in [0.15, 0.2) is 0 Å². The van der Waals surface area contributed by atoms with Crippen molar-refractivity contribution in [2.45, 2.75) is 58.4 Å². The fraction of sp³-hybridized carbons (Fsp3) is 0.941. The van der Waals surface area contributed by atoms with E-state index in [9.17, 15) is 4.79 Å². The first kappa shape index (κ1) is 13.1. The highest BCUT2D eigenvalue weighted by atomic mass is 16.2. The van der Waals surface area contributed by atoms with Gasteiger partial charge in [0.05, 0.1) is 5.41 Å². The van der Waals surface area contributed by atoms with Crippen LogP contribution >= 0.6 is 0 Å². The Morgan fingerprint density at radius 1 is 1.20 bits per heavy atom. The fourth-order valence-electron chi connectivity index (χ4n) is 6.42. The van der Waals surface area contributed by atoms with Crippen LogP contribution in [0.1, 0.15) is 52.4 Å². The molecule has 1 N–H and O–H groups in total. The van der Waals surface area contributed by atoms with Crippen LogP contribution in [-0.2, 0) is 4.79 Å². The Hall–Kier alpha value is -0.570. The van der Waals surface area contributed by atoms with E-state index in [-0.39, 0.29) is 5.41 Å². The predicted molar refractivity (Wildman–Crippen MR) is 79.3 cm³/mol. The predicted octanol–water partition coefficient (Wildman–Crippen LogP) is 2.41. The van der Waals surface area contributed by atoms with E-state index in [1.54, 1.807) is 0 Å². The molecule has 1 amide bonds. The summed E-state index contributed by atoms with van der Waals surface area (Å²) in [7, 11) is 0. The highest BCUT2D eigenvalue weighted by molar-refractivity contribution is 5.84. The molecule has 5 aliphatic rings. The molecule has 3 atom stereocenters. The normalized spacial score (nSPS) is 50.5. The van der Waals surface area contributed by atoms with Gasteiger partial charge in [0.25, 0.3) is 0 Å². The van der Waals surface area contributed by atoms with Gasteiger partial charge >= 0.3 is 0 Å². The van der Waals surface area contributed by atoms with E-state index < -0.39 is 0 Å². The average Bonchev–Trinajstić information content (AvgIpc) is 2.35. The minimum Gasteiger partial charge on any atom is -0.337 e. The van der Waals surface area contributed by atoms with E-state index >= 15 is 0 Å². The summed E-state index contributed by atoms with van der Waals surface area (Å²) >= 11 is 0. The molecular formula is C17H28N2O. The highest BCUT2D eigenvalue weighted by Crippen LogP contribution is 2.65. The lowest BCUT2D eigenvalue weighted by Gasteiger charge is -2.61. The van der Waals surface area contributed by atoms with Gasteiger partial charge in [-0.1, -0.05) is 6.92 Å². The average molecular weight is 276 g/mol. The van der Waals surface area contributed by atoms with Crippen molar-refractivity contribution in [2.24, 2.45) is 22.7 Å². The van der Waals surface area contributed by atoms with E-state index in [0.29, 0.717) is 17.4 Å². The van der Waals surface area contributed by atoms with Gasteiger partial charge < -0.3 is 10.2 Å². The molecule has 20 heavy (non-hydrogen) atoms. The number of piperazine rings is 1. The molecule has 4 bridgehead atoms. The molecule has 0 aromatic carbocycles. The first-order valence-electron chi connectivity index (χ1n) is 8.52. The maximum atomic E-state index is 13.3. The zero-order valence-corrected chi connectivity index (χ0v) is 13.0. The quantitative estimate of drug-likeness (QED) is 0.797. The third kappa shape index (κ3) is 1.85. The van der Waals surface area contributed by atoms with Gasteiger partial charge in [0.1, 0.15) is 0 Å². The van der Waals surface area contributed by atoms with Gasteiger partial charge in [0.2, 0.25) is 5.91 Å². The molecule has 0 aromatic rings. The van der Waals surface area contributed by atoms with Gasteiger partial charge in [0, 0.05) is 25.7 Å². The van der Waals surface area contributed by atoms with Gasteiger partial charge in [-0.25, -0.2) is 0 Å². The lowest BCUT2D eigenvalue weighted by Crippen LogP contribution is -2.61. The Morgan fingerprint density at radius 3 is 2.50 bits per heavy atom. The van der Waals surface area contributed by atoms with Crippen LogP contribution in [0, 0.1) is 22.7 Å². The zero-order chi connectivity index (χ0) is 14.0. The van der Waals surface area contributed by atoms with Crippen molar-refractivity contribution >= 4 is 5.91 Å². The van der Waals surface area contributed by atoms with E-state index in [0.717, 1.165) is 31.5 Å². The van der Waals surface area contributed by atoms with Crippen molar-refractivity contribution in [1.29, 1.82) is 0 Å². The number of nitrogens with one attached hydrogen (secondary N) is 1. The molecule has 0 spiro atoms. The Labute approximate surface area is 122 Å². The number of hydrogen-bond acceptors (Lipinski definition) is 2. The maximum absolute atomic E-state index is 13.3. The molecule has 0 radical (unpaired) electrons. The molecule has 4 saturated carbocycles. The number of carbonyl (C=O) groups excluding carboxylic acids is 1. The van der Waals surface area contributed by atoms with Crippen LogP contribution in [0.2, 0.25) is 0 Å². The van der Waals surface area contributed by atoms with Gasteiger partial charge in [-0.05, 0) is 62.7 Å². The number of hydrogen-bond donors (Lipinski definition) is 1. The smallest absolute Gasteiger partial charge is 0.229 e. The molecule has 3 heteroatoms. The molecule has 1 saturated heterocycles. The Balaban J connectivity index is 1.62. The molecule has 2 unspecified atom stereocenters. The Kier molecular flexibility index (Phi) is 2.77. The third-order valence-corrected chi connectivity index (χ3v) is 6.57. The summed E-state index contributed by atoms with van der Waals surface area (Å²) in [6.45, 7) is 7.50. The van der Waals surface area contributed by atoms with Crippen molar-refractivity contribution in [1.82, 2.24) is 10.2 Å². The summed E-state index contributed by atoms with van der Waals surface area (Å²) in [5.41, 5.74) is 0.488. The van der Waals surface area contributed by atoms with E-state index in [1.165, 1.54) is 38.5 Å². The van der Waals surface area contributed by atoms with Crippen LogP contribution in [0.25, 0.3) is 0 Å². The maximum Gasteiger partial charge on any atom is 0.229 e. The van der Waals surface area contributed by atoms with Crippen molar-refractivity contribution < 1.29 is 4.79 Å². The molecule has 4 aliphatic carbocycles. The molecule has 0 aromatic heterocycles. The highest BCUT2D eigenvalue weighted by Gasteiger charge is 2.59. The third-order valence-electron chi connectivity index (χ3n) is 6.57. The van der Waals surface area contributed by atoms with Gasteiger partial charge in [-0.2, -0.15) is 0 Å². The standard InChI is InChI=1S/C17H28N2O/c1-12-10-18-3-4-19(12)15(20)17-8-13-5-14(9-17)7-16(2,6-13)11-17/h12-14,18H,3-11H2,1-2H3/t12-,13?,14?,16?,17?/m1/s1. The van der Waals surface area contributed by atoms with Crippen molar-refractivity contribution in [3.8, 4) is 0 Å². The Bertz CT molecular complexity index is 419. The van der Waals surface area contributed by atoms with Crippen LogP contribution < -0.4 is 5.32 Å². The van der Waals surface area contributed by atoms with E-state index in [4.69, 9.17) is 0 Å². The number of rotatable bonds is 1. The first-order valence-corrected chi connectivity index (χ1v) is 8.52. The van der Waals surface area contributed by atoms with Crippen molar-refractivity contribution in [3.63, 3.8) is 0 Å². The van der Waals surface area contributed by atoms with Gasteiger partial charge in [-0.15, -0.1) is 0 Å². The van der Waals surface area contributed by atoms with Crippen LogP contribution in [0.4, 0.5) is 0 Å². The van der Waals surface area contributed by atoms with E-state index in [2.05, 4.69) is 24.1 Å². The van der Waals surface area contributed by atoms with Crippen molar-refractivity contribution in [3.05, 3.63) is 0 Å². The topological polar surface area (TPSA) is 32.3 Å². The largest absolute Gasteiger partial charge is 0.337 e. The first-order chi connectivity index (χ1) is 9.50. The zero-order valence-electron chi connectivity index (χ0n) is 13.0. The molecule has 112 valence electrons. The number of nitrogens with zero attached hydrogens (tertiary/aromatic N) is 1. The SMILES string of the molecule is C[C@@H]1CNCCN1C(=O)C12CC3CC(CC(C)(C3)C1)C2. The van der Waals surface area contributed by atoms with Crippen LogP contribution in [-0.4, -0.2) is 36.5 Å². The minimum absolute atomic E-state index is 0.0183. The summed E-state index contributed by atoms with van der Waals surface area (Å²) in [6.07, 6.45) is 7.72. The number of carbonyl (C=O) groups is 1. The summed E-state index contributed by atoms with van der Waals surface area (Å²) in [6, 6.07) is 0.372. The second-order valence-corrected chi connectivity index (χ2v) is 8.60. The van der Waals surface area contributed by atoms with Crippen molar-refractivity contribution in [2.75, 3.05) is 19.6 Å². The summed E-state index contributed by atoms with van der Waals surface area (Å²) in [4.78, 5) is 15.5.